The van der Waals surface area contributed by atoms with Crippen molar-refractivity contribution in [1.82, 2.24) is 10.2 Å². The van der Waals surface area contributed by atoms with E-state index in [-0.39, 0.29) is 0 Å². The van der Waals surface area contributed by atoms with Crippen LogP contribution in [0.15, 0.2) is 24.3 Å². The summed E-state index contributed by atoms with van der Waals surface area (Å²) in [6.45, 7) is 6.12. The van der Waals surface area contributed by atoms with E-state index < -0.39 is 0 Å². The quantitative estimate of drug-likeness (QED) is 0.160. The second kappa shape index (κ2) is 18.6. The average Bonchev–Trinajstić information content (AvgIpc) is 3.40. The molecule has 0 radical (unpaired) electrons. The SMILES string of the molecule is CCCCCCCCCCOc1ccc(-c2nnc(OCCCC3CCCCC3CCCCC)s2)cc1. The molecule has 1 aromatic heterocycles. The average molecular weight is 529 g/mol. The molecular formula is C32H52N2O2S. The maximum atomic E-state index is 5.99. The molecule has 0 spiro atoms. The lowest BCUT2D eigenvalue weighted by atomic mass is 9.74. The van der Waals surface area contributed by atoms with Crippen molar-refractivity contribution in [2.75, 3.05) is 13.2 Å². The minimum absolute atomic E-state index is 0.688. The molecule has 1 aromatic carbocycles. The van der Waals surface area contributed by atoms with Gasteiger partial charge < -0.3 is 9.47 Å². The van der Waals surface area contributed by atoms with Crippen LogP contribution < -0.4 is 9.47 Å². The minimum atomic E-state index is 0.688. The van der Waals surface area contributed by atoms with Crippen molar-refractivity contribution < 1.29 is 9.47 Å². The number of rotatable bonds is 20. The maximum Gasteiger partial charge on any atom is 0.294 e. The van der Waals surface area contributed by atoms with Crippen LogP contribution in [0.25, 0.3) is 10.6 Å². The van der Waals surface area contributed by atoms with E-state index in [0.717, 1.165) is 54.2 Å². The molecule has 0 saturated heterocycles. The largest absolute Gasteiger partial charge is 0.494 e. The Balaban J connectivity index is 1.30. The van der Waals surface area contributed by atoms with Crippen LogP contribution in [0.2, 0.25) is 0 Å². The van der Waals surface area contributed by atoms with Crippen molar-refractivity contribution in [3.8, 4) is 21.5 Å². The van der Waals surface area contributed by atoms with Crippen molar-refractivity contribution in [3.63, 3.8) is 0 Å². The molecule has 5 heteroatoms. The van der Waals surface area contributed by atoms with Gasteiger partial charge >= 0.3 is 0 Å². The zero-order valence-corrected chi connectivity index (χ0v) is 24.5. The summed E-state index contributed by atoms with van der Waals surface area (Å²) in [4.78, 5) is 0. The monoisotopic (exact) mass is 528 g/mol. The third-order valence-corrected chi connectivity index (χ3v) is 8.85. The van der Waals surface area contributed by atoms with E-state index in [1.54, 1.807) is 11.3 Å². The summed E-state index contributed by atoms with van der Waals surface area (Å²) in [5.74, 6) is 2.78. The molecule has 37 heavy (non-hydrogen) atoms. The Labute approximate surface area is 231 Å². The Morgan fingerprint density at radius 2 is 1.27 bits per heavy atom. The van der Waals surface area contributed by atoms with Crippen LogP contribution in [0.1, 0.15) is 129 Å². The fourth-order valence-corrected chi connectivity index (χ4v) is 6.44. The first-order chi connectivity index (χ1) is 18.3. The van der Waals surface area contributed by atoms with Gasteiger partial charge in [0, 0.05) is 5.56 Å². The molecule has 1 fully saturated rings. The predicted molar refractivity (Wildman–Crippen MR) is 158 cm³/mol. The third-order valence-electron chi connectivity index (χ3n) is 7.96. The number of nitrogens with zero attached hydrogens (tertiary/aromatic N) is 2. The van der Waals surface area contributed by atoms with Gasteiger partial charge in [0.25, 0.3) is 5.19 Å². The lowest BCUT2D eigenvalue weighted by Crippen LogP contribution is -2.20. The van der Waals surface area contributed by atoms with E-state index in [2.05, 4.69) is 36.2 Å². The van der Waals surface area contributed by atoms with Crippen LogP contribution in [0.3, 0.4) is 0 Å². The van der Waals surface area contributed by atoms with Gasteiger partial charge in [-0.25, -0.2) is 0 Å². The van der Waals surface area contributed by atoms with Gasteiger partial charge in [0.1, 0.15) is 5.75 Å². The summed E-state index contributed by atoms with van der Waals surface area (Å²) < 4.78 is 11.9. The Hall–Kier alpha value is -1.62. The molecule has 1 saturated carbocycles. The Morgan fingerprint density at radius 3 is 1.97 bits per heavy atom. The summed E-state index contributed by atoms with van der Waals surface area (Å²) in [5.41, 5.74) is 1.07. The van der Waals surface area contributed by atoms with Crippen LogP contribution in [0, 0.1) is 11.8 Å². The van der Waals surface area contributed by atoms with Gasteiger partial charge in [0.15, 0.2) is 5.01 Å². The molecular weight excluding hydrogens is 476 g/mol. The first-order valence-electron chi connectivity index (χ1n) is 15.5. The molecule has 0 bridgehead atoms. The molecule has 3 rings (SSSR count). The first kappa shape index (κ1) is 29.9. The highest BCUT2D eigenvalue weighted by Gasteiger charge is 2.24. The van der Waals surface area contributed by atoms with Gasteiger partial charge in [-0.1, -0.05) is 127 Å². The van der Waals surface area contributed by atoms with Gasteiger partial charge in [-0.3, -0.25) is 0 Å². The summed E-state index contributed by atoms with van der Waals surface area (Å²) in [7, 11) is 0. The zero-order valence-electron chi connectivity index (χ0n) is 23.7. The molecule has 208 valence electrons. The number of hydrogen-bond donors (Lipinski definition) is 0. The summed E-state index contributed by atoms with van der Waals surface area (Å²) >= 11 is 1.54. The van der Waals surface area contributed by atoms with Gasteiger partial charge in [0.05, 0.1) is 13.2 Å². The number of hydrogen-bond acceptors (Lipinski definition) is 5. The molecule has 0 aliphatic heterocycles. The summed E-state index contributed by atoms with van der Waals surface area (Å²) in [6.07, 6.45) is 24.2. The standard InChI is InChI=1S/C32H52N2O2S/c1-3-5-7-8-9-10-11-15-25-35-30-23-21-29(22-24-30)31-33-34-32(37-31)36-26-16-20-28-19-14-13-18-27(28)17-12-6-4-2/h21-24,27-28H,3-20,25-26H2,1-2H3. The minimum Gasteiger partial charge on any atom is -0.494 e. The first-order valence-corrected chi connectivity index (χ1v) is 16.3. The fourth-order valence-electron chi connectivity index (χ4n) is 5.71. The molecule has 1 aliphatic carbocycles. The Kier molecular flexibility index (Phi) is 15.0. The molecule has 0 N–H and O–H groups in total. The summed E-state index contributed by atoms with van der Waals surface area (Å²) in [6, 6.07) is 8.25. The fraction of sp³-hybridized carbons (Fsp3) is 0.750. The molecule has 1 heterocycles. The van der Waals surface area contributed by atoms with E-state index in [1.165, 1.54) is 103 Å². The molecule has 1 aliphatic rings. The van der Waals surface area contributed by atoms with E-state index in [1.807, 2.05) is 12.1 Å². The number of aromatic nitrogens is 2. The molecule has 2 atom stereocenters. The van der Waals surface area contributed by atoms with Crippen LogP contribution in [-0.4, -0.2) is 23.4 Å². The van der Waals surface area contributed by atoms with Crippen molar-refractivity contribution in [3.05, 3.63) is 24.3 Å². The summed E-state index contributed by atoms with van der Waals surface area (Å²) in [5, 5.41) is 10.2. The van der Waals surface area contributed by atoms with E-state index >= 15 is 0 Å². The van der Waals surface area contributed by atoms with Crippen LogP contribution in [-0.2, 0) is 0 Å². The lowest BCUT2D eigenvalue weighted by molar-refractivity contribution is 0.190. The second-order valence-electron chi connectivity index (χ2n) is 11.0. The number of benzene rings is 1. The molecule has 4 nitrogen and oxygen atoms in total. The van der Waals surface area contributed by atoms with Crippen LogP contribution in [0.4, 0.5) is 0 Å². The van der Waals surface area contributed by atoms with Gasteiger partial charge in [-0.15, -0.1) is 5.10 Å². The van der Waals surface area contributed by atoms with Gasteiger partial charge in [-0.2, -0.15) is 0 Å². The van der Waals surface area contributed by atoms with Crippen molar-refractivity contribution >= 4 is 11.3 Å². The maximum absolute atomic E-state index is 5.99. The molecule has 2 aromatic rings. The highest BCUT2D eigenvalue weighted by atomic mass is 32.1. The molecule has 0 amide bonds. The van der Waals surface area contributed by atoms with Gasteiger partial charge in [0.2, 0.25) is 0 Å². The second-order valence-corrected chi connectivity index (χ2v) is 12.0. The Morgan fingerprint density at radius 1 is 0.676 bits per heavy atom. The number of ether oxygens (including phenoxy) is 2. The van der Waals surface area contributed by atoms with Crippen molar-refractivity contribution in [2.45, 2.75) is 129 Å². The highest BCUT2D eigenvalue weighted by molar-refractivity contribution is 7.16. The van der Waals surface area contributed by atoms with Crippen LogP contribution >= 0.6 is 11.3 Å². The van der Waals surface area contributed by atoms with Gasteiger partial charge in [-0.05, 0) is 55.4 Å². The normalized spacial score (nSPS) is 17.7. The highest BCUT2D eigenvalue weighted by Crippen LogP contribution is 2.36. The Bertz CT molecular complexity index is 822. The van der Waals surface area contributed by atoms with E-state index in [0.29, 0.717) is 5.19 Å². The van der Waals surface area contributed by atoms with Crippen LogP contribution in [0.5, 0.6) is 10.9 Å². The number of unbranched alkanes of at least 4 members (excludes halogenated alkanes) is 9. The smallest absolute Gasteiger partial charge is 0.294 e. The van der Waals surface area contributed by atoms with E-state index in [4.69, 9.17) is 9.47 Å². The lowest BCUT2D eigenvalue weighted by Gasteiger charge is -2.31. The topological polar surface area (TPSA) is 44.2 Å². The zero-order chi connectivity index (χ0) is 26.0. The molecule has 2 unspecified atom stereocenters. The van der Waals surface area contributed by atoms with E-state index in [9.17, 15) is 0 Å². The van der Waals surface area contributed by atoms with Crippen molar-refractivity contribution in [1.29, 1.82) is 0 Å². The third kappa shape index (κ3) is 11.8. The predicted octanol–water partition coefficient (Wildman–Crippen LogP) is 10.3. The van der Waals surface area contributed by atoms with Crippen molar-refractivity contribution in [2.24, 2.45) is 11.8 Å².